The molecule has 2 aliphatic rings. The number of ether oxygens (including phenoxy) is 1. The minimum absolute atomic E-state index is 0.0718. The molecular formula is C25H31N3O5S. The average molecular weight is 486 g/mol. The van der Waals surface area contributed by atoms with E-state index >= 15 is 0 Å². The molecule has 0 aliphatic carbocycles. The van der Waals surface area contributed by atoms with Crippen LogP contribution in [0.3, 0.4) is 0 Å². The van der Waals surface area contributed by atoms with Crippen LogP contribution in [0.2, 0.25) is 0 Å². The number of hydrogen-bond acceptors (Lipinski definition) is 5. The van der Waals surface area contributed by atoms with Crippen molar-refractivity contribution in [1.82, 2.24) is 9.21 Å². The highest BCUT2D eigenvalue weighted by Gasteiger charge is 2.35. The molecule has 0 spiro atoms. The monoisotopic (exact) mass is 485 g/mol. The number of carbonyl (C=O) groups is 2. The second-order valence-electron chi connectivity index (χ2n) is 8.68. The fraction of sp³-hybridized carbons (Fsp3) is 0.440. The summed E-state index contributed by atoms with van der Waals surface area (Å²) in [5.41, 5.74) is 1.44. The summed E-state index contributed by atoms with van der Waals surface area (Å²) in [4.78, 5) is 27.2. The Kier molecular flexibility index (Phi) is 7.23. The first-order chi connectivity index (χ1) is 16.3. The van der Waals surface area contributed by atoms with Gasteiger partial charge in [-0.15, -0.1) is 0 Å². The predicted molar refractivity (Wildman–Crippen MR) is 129 cm³/mol. The van der Waals surface area contributed by atoms with Gasteiger partial charge in [0.1, 0.15) is 5.75 Å². The molecule has 9 heteroatoms. The average Bonchev–Trinajstić information content (AvgIpc) is 2.86. The second kappa shape index (κ2) is 10.1. The number of sulfonamides is 1. The number of anilines is 1. The first-order valence-electron chi connectivity index (χ1n) is 11.8. The Balaban J connectivity index is 1.41. The number of nitrogens with zero attached hydrogens (tertiary/aromatic N) is 2. The summed E-state index contributed by atoms with van der Waals surface area (Å²) in [5, 5.41) is 2.74. The first-order valence-corrected chi connectivity index (χ1v) is 13.2. The van der Waals surface area contributed by atoms with Gasteiger partial charge in [-0.1, -0.05) is 37.3 Å². The number of nitrogens with one attached hydrogen (secondary N) is 1. The van der Waals surface area contributed by atoms with Crippen LogP contribution < -0.4 is 10.1 Å². The minimum atomic E-state index is -3.75. The van der Waals surface area contributed by atoms with Gasteiger partial charge in [-0.3, -0.25) is 9.59 Å². The molecule has 1 fully saturated rings. The van der Waals surface area contributed by atoms with E-state index < -0.39 is 16.1 Å². The van der Waals surface area contributed by atoms with Crippen LogP contribution in [0.4, 0.5) is 5.69 Å². The molecule has 34 heavy (non-hydrogen) atoms. The molecule has 0 unspecified atom stereocenters. The Labute approximate surface area is 200 Å². The number of fused-ring (bicyclic) bond motifs is 1. The van der Waals surface area contributed by atoms with Gasteiger partial charge >= 0.3 is 0 Å². The van der Waals surface area contributed by atoms with Gasteiger partial charge < -0.3 is 15.0 Å². The van der Waals surface area contributed by atoms with Crippen molar-refractivity contribution in [3.8, 4) is 5.75 Å². The van der Waals surface area contributed by atoms with E-state index in [9.17, 15) is 18.0 Å². The van der Waals surface area contributed by atoms with E-state index in [0.717, 1.165) is 5.56 Å². The highest BCUT2D eigenvalue weighted by atomic mass is 32.2. The van der Waals surface area contributed by atoms with Crippen LogP contribution >= 0.6 is 0 Å². The van der Waals surface area contributed by atoms with Gasteiger partial charge in [-0.25, -0.2) is 8.42 Å². The van der Waals surface area contributed by atoms with E-state index in [1.807, 2.05) is 49.1 Å². The van der Waals surface area contributed by atoms with Gasteiger partial charge in [0.05, 0.1) is 10.6 Å². The summed E-state index contributed by atoms with van der Waals surface area (Å²) in [6.07, 6.45) is 0.912. The molecule has 1 atom stereocenters. The molecule has 2 aromatic rings. The van der Waals surface area contributed by atoms with Crippen LogP contribution in [-0.4, -0.2) is 55.2 Å². The Morgan fingerprint density at radius 1 is 1.12 bits per heavy atom. The summed E-state index contributed by atoms with van der Waals surface area (Å²) in [7, 11) is -3.75. The Bertz CT molecular complexity index is 1140. The zero-order valence-electron chi connectivity index (χ0n) is 19.6. The van der Waals surface area contributed by atoms with Crippen molar-refractivity contribution < 1.29 is 22.7 Å². The molecular weight excluding hydrogens is 454 g/mol. The largest absolute Gasteiger partial charge is 0.478 e. The lowest BCUT2D eigenvalue weighted by atomic mass is 9.96. The number of carbonyl (C=O) groups excluding carboxylic acids is 2. The van der Waals surface area contributed by atoms with Gasteiger partial charge in [-0.05, 0) is 49.9 Å². The Hall–Kier alpha value is -2.91. The van der Waals surface area contributed by atoms with E-state index in [0.29, 0.717) is 43.8 Å². The molecule has 2 heterocycles. The number of piperidine rings is 1. The van der Waals surface area contributed by atoms with Gasteiger partial charge in [0.15, 0.2) is 6.10 Å². The smallest absolute Gasteiger partial charge is 0.265 e. The fourth-order valence-electron chi connectivity index (χ4n) is 4.46. The Morgan fingerprint density at radius 3 is 2.47 bits per heavy atom. The van der Waals surface area contributed by atoms with Crippen LogP contribution in [-0.2, 0) is 26.2 Å². The molecule has 8 nitrogen and oxygen atoms in total. The lowest BCUT2D eigenvalue weighted by Crippen LogP contribution is -2.44. The van der Waals surface area contributed by atoms with Gasteiger partial charge in [0.25, 0.3) is 5.91 Å². The second-order valence-corrected chi connectivity index (χ2v) is 10.6. The summed E-state index contributed by atoms with van der Waals surface area (Å²) >= 11 is 0. The number of hydrogen-bond donors (Lipinski definition) is 1. The zero-order chi connectivity index (χ0) is 24.3. The fourth-order valence-corrected chi connectivity index (χ4v) is 5.95. The molecule has 2 aliphatic heterocycles. The molecule has 1 N–H and O–H groups in total. The molecule has 0 aromatic heterocycles. The predicted octanol–water partition coefficient (Wildman–Crippen LogP) is 3.25. The highest BCUT2D eigenvalue weighted by molar-refractivity contribution is 7.89. The summed E-state index contributed by atoms with van der Waals surface area (Å²) in [6, 6.07) is 14.4. The molecule has 1 saturated heterocycles. The van der Waals surface area contributed by atoms with Crippen molar-refractivity contribution >= 4 is 27.5 Å². The maximum absolute atomic E-state index is 13.3. The van der Waals surface area contributed by atoms with E-state index in [1.54, 1.807) is 6.07 Å². The summed E-state index contributed by atoms with van der Waals surface area (Å²) < 4.78 is 33.6. The molecule has 4 rings (SSSR count). The van der Waals surface area contributed by atoms with Gasteiger partial charge in [-0.2, -0.15) is 4.31 Å². The SMILES string of the molecule is CC[C@H]1Oc2ccc(S(=O)(=O)N3CCC(C(=O)N(CC)Cc4ccccc4)CC3)cc2NC1=O. The normalized spacial score (nSPS) is 19.1. The van der Waals surface area contributed by atoms with Crippen molar-refractivity contribution in [3.05, 3.63) is 54.1 Å². The number of benzene rings is 2. The topological polar surface area (TPSA) is 96.0 Å². The molecule has 182 valence electrons. The zero-order valence-corrected chi connectivity index (χ0v) is 20.4. The van der Waals surface area contributed by atoms with Crippen molar-refractivity contribution in [3.63, 3.8) is 0 Å². The number of amides is 2. The van der Waals surface area contributed by atoms with Crippen molar-refractivity contribution in [2.45, 2.75) is 50.7 Å². The maximum atomic E-state index is 13.3. The minimum Gasteiger partial charge on any atom is -0.478 e. The van der Waals surface area contributed by atoms with Crippen molar-refractivity contribution in [1.29, 1.82) is 0 Å². The van der Waals surface area contributed by atoms with Crippen molar-refractivity contribution in [2.75, 3.05) is 25.0 Å². The standard InChI is InChI=1S/C25H31N3O5S/c1-3-22-24(29)26-21-16-20(10-11-23(21)33-22)34(31,32)28-14-12-19(13-15-28)25(30)27(4-2)17-18-8-6-5-7-9-18/h5-11,16,19,22H,3-4,12-15,17H2,1-2H3,(H,26,29)/t22-/m1/s1. The molecule has 2 aromatic carbocycles. The molecule has 0 radical (unpaired) electrons. The van der Waals surface area contributed by atoms with Crippen LogP contribution in [0.25, 0.3) is 0 Å². The third kappa shape index (κ3) is 4.95. The van der Waals surface area contributed by atoms with E-state index in [4.69, 9.17) is 4.74 Å². The van der Waals surface area contributed by atoms with E-state index in [2.05, 4.69) is 5.32 Å². The Morgan fingerprint density at radius 2 is 1.82 bits per heavy atom. The van der Waals surface area contributed by atoms with E-state index in [-0.39, 0.29) is 35.7 Å². The highest BCUT2D eigenvalue weighted by Crippen LogP contribution is 2.34. The van der Waals surface area contributed by atoms with Crippen molar-refractivity contribution in [2.24, 2.45) is 5.92 Å². The number of rotatable bonds is 7. The maximum Gasteiger partial charge on any atom is 0.265 e. The quantitative estimate of drug-likeness (QED) is 0.650. The van der Waals surface area contributed by atoms with Gasteiger partial charge in [0.2, 0.25) is 15.9 Å². The van der Waals surface area contributed by atoms with E-state index in [1.165, 1.54) is 16.4 Å². The lowest BCUT2D eigenvalue weighted by molar-refractivity contribution is -0.137. The first kappa shape index (κ1) is 24.2. The molecule has 0 saturated carbocycles. The lowest BCUT2D eigenvalue weighted by Gasteiger charge is -2.33. The van der Waals surface area contributed by atoms with Crippen LogP contribution in [0.15, 0.2) is 53.4 Å². The van der Waals surface area contributed by atoms with Crippen LogP contribution in [0.1, 0.15) is 38.7 Å². The molecule has 2 amide bonds. The third-order valence-electron chi connectivity index (χ3n) is 6.49. The van der Waals surface area contributed by atoms with Gasteiger partial charge in [0, 0.05) is 32.1 Å². The summed E-state index contributed by atoms with van der Waals surface area (Å²) in [5.74, 6) is 0.0625. The third-order valence-corrected chi connectivity index (χ3v) is 8.39. The van der Waals surface area contributed by atoms with Crippen LogP contribution in [0.5, 0.6) is 5.75 Å². The van der Waals surface area contributed by atoms with Crippen LogP contribution in [0, 0.1) is 5.92 Å². The molecule has 0 bridgehead atoms. The summed E-state index contributed by atoms with van der Waals surface area (Å²) in [6.45, 7) is 5.52.